The zero-order chi connectivity index (χ0) is 14.0. The number of amides is 1. The van der Waals surface area contributed by atoms with Gasteiger partial charge in [0.1, 0.15) is 0 Å². The van der Waals surface area contributed by atoms with Crippen molar-refractivity contribution < 1.29 is 13.2 Å². The van der Waals surface area contributed by atoms with Crippen molar-refractivity contribution >= 4 is 15.9 Å². The Bertz CT molecular complexity index is 603. The molecule has 0 unspecified atom stereocenters. The Morgan fingerprint density at radius 1 is 1.42 bits per heavy atom. The number of hydrogen-bond donors (Lipinski definition) is 1. The molecule has 1 amide bonds. The van der Waals surface area contributed by atoms with E-state index >= 15 is 0 Å². The summed E-state index contributed by atoms with van der Waals surface area (Å²) in [6.45, 7) is 1.95. The maximum Gasteiger partial charge on any atom is 0.281 e. The Kier molecular flexibility index (Phi) is 3.75. The Balaban J connectivity index is 2.15. The molecular weight excluding hydrogens is 266 g/mol. The number of aryl methyl sites for hydroxylation is 1. The number of allylic oxidation sites excluding steroid dienone is 2. The molecule has 1 aliphatic rings. The highest BCUT2D eigenvalue weighted by atomic mass is 32.2. The van der Waals surface area contributed by atoms with Gasteiger partial charge in [-0.2, -0.15) is 13.5 Å². The summed E-state index contributed by atoms with van der Waals surface area (Å²) >= 11 is 0. The Hall–Kier alpha value is -1.63. The van der Waals surface area contributed by atoms with Gasteiger partial charge in [-0.3, -0.25) is 9.48 Å². The molecule has 0 saturated heterocycles. The van der Waals surface area contributed by atoms with E-state index in [4.69, 9.17) is 0 Å². The molecule has 0 bridgehead atoms. The molecule has 0 aromatic carbocycles. The second-order valence-corrected chi connectivity index (χ2v) is 6.42. The smallest absolute Gasteiger partial charge is 0.274 e. The van der Waals surface area contributed by atoms with E-state index in [1.54, 1.807) is 0 Å². The van der Waals surface area contributed by atoms with Crippen LogP contribution < -0.4 is 4.72 Å². The van der Waals surface area contributed by atoms with Crippen LogP contribution in [0.5, 0.6) is 0 Å². The summed E-state index contributed by atoms with van der Waals surface area (Å²) in [5.41, 5.74) is 0. The van der Waals surface area contributed by atoms with Gasteiger partial charge in [0.05, 0.1) is 6.20 Å². The lowest BCUT2D eigenvalue weighted by Crippen LogP contribution is -2.39. The predicted octanol–water partition coefficient (Wildman–Crippen LogP) is 0.827. The van der Waals surface area contributed by atoms with Crippen LogP contribution in [0.1, 0.15) is 19.8 Å². The molecule has 2 atom stereocenters. The Morgan fingerprint density at radius 3 is 2.68 bits per heavy atom. The van der Waals surface area contributed by atoms with E-state index < -0.39 is 15.9 Å². The summed E-state index contributed by atoms with van der Waals surface area (Å²) in [4.78, 5) is 12.1. The summed E-state index contributed by atoms with van der Waals surface area (Å²) in [5, 5.41) is 3.78. The molecule has 0 radical (unpaired) electrons. The number of carbonyl (C=O) groups is 1. The molecular formula is C12H17N3O3S. The van der Waals surface area contributed by atoms with Crippen LogP contribution in [0.2, 0.25) is 0 Å². The highest BCUT2D eigenvalue weighted by Crippen LogP contribution is 2.25. The first-order chi connectivity index (χ1) is 8.92. The van der Waals surface area contributed by atoms with E-state index in [1.165, 1.54) is 24.0 Å². The summed E-state index contributed by atoms with van der Waals surface area (Å²) < 4.78 is 27.5. The quantitative estimate of drug-likeness (QED) is 0.833. The van der Waals surface area contributed by atoms with Crippen molar-refractivity contribution in [3.05, 3.63) is 24.4 Å². The van der Waals surface area contributed by atoms with E-state index in [0.717, 1.165) is 6.42 Å². The summed E-state index contributed by atoms with van der Waals surface area (Å²) in [6.07, 6.45) is 6.69. The van der Waals surface area contributed by atoms with Gasteiger partial charge in [0.25, 0.3) is 10.0 Å². The highest BCUT2D eigenvalue weighted by molar-refractivity contribution is 7.90. The van der Waals surface area contributed by atoms with Crippen LogP contribution in [0, 0.1) is 11.8 Å². The maximum absolute atomic E-state index is 12.1. The molecule has 1 aromatic heterocycles. The van der Waals surface area contributed by atoms with Gasteiger partial charge in [0.2, 0.25) is 5.91 Å². The number of hydrogen-bond acceptors (Lipinski definition) is 4. The molecule has 7 heteroatoms. The number of sulfonamides is 1. The van der Waals surface area contributed by atoms with Gasteiger partial charge < -0.3 is 0 Å². The zero-order valence-corrected chi connectivity index (χ0v) is 11.7. The summed E-state index contributed by atoms with van der Waals surface area (Å²) in [7, 11) is -2.32. The minimum atomic E-state index is -3.84. The van der Waals surface area contributed by atoms with Crippen LogP contribution in [0.4, 0.5) is 0 Å². The van der Waals surface area contributed by atoms with Crippen LogP contribution in [0.25, 0.3) is 0 Å². The number of carbonyl (C=O) groups excluding carboxylic acids is 1. The highest BCUT2D eigenvalue weighted by Gasteiger charge is 2.30. The lowest BCUT2D eigenvalue weighted by molar-refractivity contribution is -0.124. The third kappa shape index (κ3) is 2.86. The molecule has 0 saturated carbocycles. The molecule has 2 rings (SSSR count). The van der Waals surface area contributed by atoms with Gasteiger partial charge in [0.15, 0.2) is 5.03 Å². The van der Waals surface area contributed by atoms with E-state index in [9.17, 15) is 13.2 Å². The second-order valence-electron chi connectivity index (χ2n) is 4.79. The number of nitrogens with one attached hydrogen (secondary N) is 1. The molecule has 104 valence electrons. The van der Waals surface area contributed by atoms with Gasteiger partial charge in [-0.05, 0) is 24.8 Å². The Labute approximate surface area is 112 Å². The third-order valence-corrected chi connectivity index (χ3v) is 4.80. The number of rotatable bonds is 3. The van der Waals surface area contributed by atoms with Gasteiger partial charge >= 0.3 is 0 Å². The molecule has 0 aliphatic heterocycles. The molecule has 0 fully saturated rings. The second kappa shape index (κ2) is 5.16. The normalized spacial score (nSPS) is 23.3. The van der Waals surface area contributed by atoms with Gasteiger partial charge in [-0.1, -0.05) is 19.1 Å². The first-order valence-electron chi connectivity index (χ1n) is 6.11. The average molecular weight is 283 g/mol. The molecule has 1 aliphatic carbocycles. The lowest BCUT2D eigenvalue weighted by atomic mass is 9.84. The minimum Gasteiger partial charge on any atom is -0.274 e. The summed E-state index contributed by atoms with van der Waals surface area (Å²) in [5.74, 6) is -0.599. The van der Waals surface area contributed by atoms with Crippen molar-refractivity contribution in [2.75, 3.05) is 0 Å². The van der Waals surface area contributed by atoms with E-state index in [2.05, 4.69) is 9.82 Å². The summed E-state index contributed by atoms with van der Waals surface area (Å²) in [6, 6.07) is 1.36. The third-order valence-electron chi connectivity index (χ3n) is 3.37. The van der Waals surface area contributed by atoms with E-state index in [1.807, 2.05) is 19.1 Å². The van der Waals surface area contributed by atoms with E-state index in [0.29, 0.717) is 6.42 Å². The zero-order valence-electron chi connectivity index (χ0n) is 10.9. The van der Waals surface area contributed by atoms with Crippen molar-refractivity contribution in [1.82, 2.24) is 14.5 Å². The molecule has 1 heterocycles. The minimum absolute atomic E-state index is 0.0140. The molecule has 6 nitrogen and oxygen atoms in total. The van der Waals surface area contributed by atoms with Crippen LogP contribution in [0.15, 0.2) is 29.4 Å². The standard InChI is InChI=1S/C12H17N3O3S/c1-9-5-3-4-6-10(9)12(16)14-19(17,18)11-7-8-13-15(11)2/h3-4,7-10H,5-6H2,1-2H3,(H,14,16)/t9-,10-/m1/s1. The van der Waals surface area contributed by atoms with Crippen LogP contribution in [-0.4, -0.2) is 24.1 Å². The predicted molar refractivity (Wildman–Crippen MR) is 69.6 cm³/mol. The first-order valence-corrected chi connectivity index (χ1v) is 7.60. The lowest BCUT2D eigenvalue weighted by Gasteiger charge is -2.23. The maximum atomic E-state index is 12.1. The Morgan fingerprint density at radius 2 is 2.11 bits per heavy atom. The van der Waals surface area contributed by atoms with Gasteiger partial charge in [-0.15, -0.1) is 0 Å². The fourth-order valence-corrected chi connectivity index (χ4v) is 3.36. The van der Waals surface area contributed by atoms with E-state index in [-0.39, 0.29) is 16.9 Å². The topological polar surface area (TPSA) is 81.1 Å². The molecule has 1 aromatic rings. The van der Waals surface area contributed by atoms with Crippen molar-refractivity contribution in [3.8, 4) is 0 Å². The average Bonchev–Trinajstić information content (AvgIpc) is 2.76. The largest absolute Gasteiger partial charge is 0.281 e. The molecule has 0 spiro atoms. The van der Waals surface area contributed by atoms with Crippen molar-refractivity contribution in [2.45, 2.75) is 24.8 Å². The van der Waals surface area contributed by atoms with Crippen molar-refractivity contribution in [3.63, 3.8) is 0 Å². The van der Waals surface area contributed by atoms with Crippen molar-refractivity contribution in [2.24, 2.45) is 18.9 Å². The van der Waals surface area contributed by atoms with Crippen LogP contribution in [-0.2, 0) is 21.9 Å². The van der Waals surface area contributed by atoms with Gasteiger partial charge in [-0.25, -0.2) is 4.72 Å². The molecule has 19 heavy (non-hydrogen) atoms. The number of aromatic nitrogens is 2. The van der Waals surface area contributed by atoms with Crippen molar-refractivity contribution in [1.29, 1.82) is 0 Å². The molecule has 1 N–H and O–H groups in total. The number of nitrogens with zero attached hydrogens (tertiary/aromatic N) is 2. The van der Waals surface area contributed by atoms with Crippen LogP contribution in [0.3, 0.4) is 0 Å². The van der Waals surface area contributed by atoms with Gasteiger partial charge in [0, 0.05) is 13.0 Å². The fourth-order valence-electron chi connectivity index (χ4n) is 2.20. The first kappa shape index (κ1) is 13.8. The SMILES string of the molecule is C[C@@H]1CC=CC[C@H]1C(=O)NS(=O)(=O)c1ccnn1C. The monoisotopic (exact) mass is 283 g/mol. The van der Waals surface area contributed by atoms with Crippen LogP contribution >= 0.6 is 0 Å². The fraction of sp³-hybridized carbons (Fsp3) is 0.500.